The number of aromatic nitrogens is 1. The second-order valence-corrected chi connectivity index (χ2v) is 5.83. The topological polar surface area (TPSA) is 64.1 Å². The molecule has 0 radical (unpaired) electrons. The lowest BCUT2D eigenvalue weighted by molar-refractivity contribution is 0.0989. The monoisotopic (exact) mass is 247 g/mol. The number of rotatable bonds is 4. The molecule has 0 atom stereocenters. The average Bonchev–Trinajstić information content (AvgIpc) is 2.14. The molecule has 1 aromatic rings. The van der Waals surface area contributed by atoms with Crippen molar-refractivity contribution < 1.29 is 13.2 Å². The lowest BCUT2D eigenvalue weighted by Gasteiger charge is -2.01. The molecular weight excluding hydrogens is 238 g/mol. The predicted octanol–water partition coefficient (Wildman–Crippen LogP) is 1.35. The zero-order chi connectivity index (χ0) is 11.5. The molecule has 6 heteroatoms. The van der Waals surface area contributed by atoms with E-state index in [1.54, 1.807) is 0 Å². The van der Waals surface area contributed by atoms with E-state index in [9.17, 15) is 13.2 Å². The van der Waals surface area contributed by atoms with Gasteiger partial charge in [-0.1, -0.05) is 11.6 Å². The van der Waals surface area contributed by atoms with Crippen molar-refractivity contribution in [1.29, 1.82) is 0 Å². The van der Waals surface area contributed by atoms with Crippen LogP contribution in [0, 0.1) is 0 Å². The Morgan fingerprint density at radius 2 is 2.20 bits per heavy atom. The smallest absolute Gasteiger partial charge is 0.165 e. The largest absolute Gasteiger partial charge is 0.294 e. The Balaban J connectivity index is 2.75. The lowest BCUT2D eigenvalue weighted by Crippen LogP contribution is -2.10. The van der Waals surface area contributed by atoms with Gasteiger partial charge in [-0.15, -0.1) is 0 Å². The number of halogens is 1. The number of hydrogen-bond donors (Lipinski definition) is 0. The second-order valence-electron chi connectivity index (χ2n) is 3.16. The van der Waals surface area contributed by atoms with E-state index in [0.29, 0.717) is 5.56 Å². The van der Waals surface area contributed by atoms with Gasteiger partial charge >= 0.3 is 0 Å². The van der Waals surface area contributed by atoms with E-state index in [4.69, 9.17) is 11.6 Å². The van der Waals surface area contributed by atoms with Gasteiger partial charge in [-0.25, -0.2) is 8.42 Å². The first-order valence-electron chi connectivity index (χ1n) is 4.20. The molecule has 0 N–H and O–H groups in total. The van der Waals surface area contributed by atoms with Gasteiger partial charge in [0.2, 0.25) is 0 Å². The molecule has 1 aromatic heterocycles. The molecule has 0 saturated heterocycles. The van der Waals surface area contributed by atoms with Gasteiger partial charge in [0, 0.05) is 30.6 Å². The minimum absolute atomic E-state index is 0.0530. The number of Topliss-reactive ketones (excluding diaryl/α,β-unsaturated/α-hetero) is 1. The van der Waals surface area contributed by atoms with Crippen LogP contribution in [0.15, 0.2) is 18.5 Å². The lowest BCUT2D eigenvalue weighted by atomic mass is 10.1. The highest BCUT2D eigenvalue weighted by atomic mass is 35.5. The van der Waals surface area contributed by atoms with E-state index in [0.717, 1.165) is 6.26 Å². The van der Waals surface area contributed by atoms with E-state index < -0.39 is 9.84 Å². The average molecular weight is 248 g/mol. The summed E-state index contributed by atoms with van der Waals surface area (Å²) in [6.07, 6.45) is 3.84. The van der Waals surface area contributed by atoms with Crippen molar-refractivity contribution in [2.45, 2.75) is 6.42 Å². The summed E-state index contributed by atoms with van der Waals surface area (Å²) in [4.78, 5) is 15.3. The van der Waals surface area contributed by atoms with Crippen molar-refractivity contribution in [3.63, 3.8) is 0 Å². The number of carbonyl (C=O) groups is 1. The molecule has 1 heterocycles. The molecule has 0 amide bonds. The molecular formula is C9H10ClNO3S. The molecule has 0 aromatic carbocycles. The number of ketones is 1. The van der Waals surface area contributed by atoms with Crippen molar-refractivity contribution >= 4 is 27.2 Å². The molecule has 1 rings (SSSR count). The first-order chi connectivity index (χ1) is 6.90. The quantitative estimate of drug-likeness (QED) is 0.754. The highest BCUT2D eigenvalue weighted by Crippen LogP contribution is 2.15. The number of nitrogens with zero attached hydrogens (tertiary/aromatic N) is 1. The molecule has 0 fully saturated rings. The third-order valence-electron chi connectivity index (χ3n) is 1.77. The third-order valence-corrected chi connectivity index (χ3v) is 3.02. The normalized spacial score (nSPS) is 11.3. The van der Waals surface area contributed by atoms with E-state index in [-0.39, 0.29) is 23.0 Å². The fraction of sp³-hybridized carbons (Fsp3) is 0.333. The van der Waals surface area contributed by atoms with Crippen molar-refractivity contribution in [3.8, 4) is 0 Å². The van der Waals surface area contributed by atoms with Crippen LogP contribution >= 0.6 is 11.6 Å². The van der Waals surface area contributed by atoms with E-state index >= 15 is 0 Å². The minimum Gasteiger partial charge on any atom is -0.294 e. The Kier molecular flexibility index (Phi) is 3.82. The van der Waals surface area contributed by atoms with Gasteiger partial charge in [-0.05, 0) is 6.07 Å². The molecule has 0 saturated carbocycles. The Morgan fingerprint density at radius 1 is 1.53 bits per heavy atom. The molecule has 0 aliphatic heterocycles. The maximum Gasteiger partial charge on any atom is 0.165 e. The van der Waals surface area contributed by atoms with Crippen LogP contribution in [0.4, 0.5) is 0 Å². The molecule has 4 nitrogen and oxygen atoms in total. The summed E-state index contributed by atoms with van der Waals surface area (Å²) in [6, 6.07) is 1.48. The summed E-state index contributed by atoms with van der Waals surface area (Å²) >= 11 is 5.74. The van der Waals surface area contributed by atoms with Gasteiger partial charge in [-0.2, -0.15) is 0 Å². The fourth-order valence-electron chi connectivity index (χ4n) is 1.01. The Labute approximate surface area is 93.2 Å². The maximum atomic E-state index is 11.5. The van der Waals surface area contributed by atoms with Gasteiger partial charge in [0.05, 0.1) is 10.8 Å². The van der Waals surface area contributed by atoms with Crippen LogP contribution in [0.1, 0.15) is 16.8 Å². The zero-order valence-electron chi connectivity index (χ0n) is 8.10. The zero-order valence-corrected chi connectivity index (χ0v) is 9.68. The van der Waals surface area contributed by atoms with Gasteiger partial charge in [0.25, 0.3) is 0 Å². The maximum absolute atomic E-state index is 11.5. The van der Waals surface area contributed by atoms with Crippen molar-refractivity contribution in [1.82, 2.24) is 4.98 Å². The summed E-state index contributed by atoms with van der Waals surface area (Å²) in [7, 11) is -3.12. The number of pyridine rings is 1. The molecule has 15 heavy (non-hydrogen) atoms. The third kappa shape index (κ3) is 3.97. The van der Waals surface area contributed by atoms with Crippen LogP contribution in [0.5, 0.6) is 0 Å². The van der Waals surface area contributed by atoms with E-state index in [1.807, 2.05) is 0 Å². The van der Waals surface area contributed by atoms with Crippen LogP contribution in [0.25, 0.3) is 0 Å². The van der Waals surface area contributed by atoms with Crippen LogP contribution < -0.4 is 0 Å². The Hall–Kier alpha value is -0.940. The SMILES string of the molecule is CS(=O)(=O)CCC(=O)c1ccncc1Cl. The number of hydrogen-bond acceptors (Lipinski definition) is 4. The second kappa shape index (κ2) is 4.72. The summed E-state index contributed by atoms with van der Waals surface area (Å²) in [5.74, 6) is -0.447. The summed E-state index contributed by atoms with van der Waals surface area (Å²) < 4.78 is 21.7. The molecule has 0 bridgehead atoms. The van der Waals surface area contributed by atoms with E-state index in [2.05, 4.69) is 4.98 Å². The van der Waals surface area contributed by atoms with Crippen LogP contribution in [0.3, 0.4) is 0 Å². The standard InChI is InChI=1S/C9H10ClNO3S/c1-15(13,14)5-3-9(12)7-2-4-11-6-8(7)10/h2,4,6H,3,5H2,1H3. The first-order valence-corrected chi connectivity index (χ1v) is 6.64. The highest BCUT2D eigenvalue weighted by molar-refractivity contribution is 7.90. The van der Waals surface area contributed by atoms with Crippen molar-refractivity contribution in [2.75, 3.05) is 12.0 Å². The van der Waals surface area contributed by atoms with Crippen LogP contribution in [-0.2, 0) is 9.84 Å². The number of sulfone groups is 1. The molecule has 0 spiro atoms. The molecule has 0 aliphatic carbocycles. The van der Waals surface area contributed by atoms with Crippen LogP contribution in [-0.4, -0.2) is 31.2 Å². The molecule has 0 unspecified atom stereocenters. The van der Waals surface area contributed by atoms with E-state index in [1.165, 1.54) is 18.5 Å². The molecule has 0 aliphatic rings. The summed E-state index contributed by atoms with van der Waals surface area (Å²) in [5.41, 5.74) is 0.315. The Morgan fingerprint density at radius 3 is 2.73 bits per heavy atom. The van der Waals surface area contributed by atoms with Gasteiger partial charge in [0.1, 0.15) is 9.84 Å². The van der Waals surface area contributed by atoms with Gasteiger partial charge in [0.15, 0.2) is 5.78 Å². The Bertz CT molecular complexity index is 470. The summed E-state index contributed by atoms with van der Waals surface area (Å²) in [5, 5.41) is 0.246. The number of carbonyl (C=O) groups excluding carboxylic acids is 1. The fourth-order valence-corrected chi connectivity index (χ4v) is 1.80. The summed E-state index contributed by atoms with van der Waals surface area (Å²) in [6.45, 7) is 0. The minimum atomic E-state index is -3.12. The van der Waals surface area contributed by atoms with Crippen molar-refractivity contribution in [2.24, 2.45) is 0 Å². The van der Waals surface area contributed by atoms with Gasteiger partial charge in [-0.3, -0.25) is 9.78 Å². The molecule has 82 valence electrons. The van der Waals surface area contributed by atoms with Crippen molar-refractivity contribution in [3.05, 3.63) is 29.0 Å². The predicted molar refractivity (Wildman–Crippen MR) is 57.9 cm³/mol. The van der Waals surface area contributed by atoms with Gasteiger partial charge < -0.3 is 0 Å². The first kappa shape index (κ1) is 12.1. The highest BCUT2D eigenvalue weighted by Gasteiger charge is 2.12. The van der Waals surface area contributed by atoms with Crippen LogP contribution in [0.2, 0.25) is 5.02 Å².